The summed E-state index contributed by atoms with van der Waals surface area (Å²) < 4.78 is 2.07. The highest BCUT2D eigenvalue weighted by molar-refractivity contribution is 5.80. The van der Waals surface area contributed by atoms with E-state index in [4.69, 9.17) is 15.8 Å². The SMILES string of the molecule is N#CC(C#N)=C(C#N)Nc1ccc2c(c1)ncn2CCc1ccccc1. The number of rotatable bonds is 5. The van der Waals surface area contributed by atoms with Gasteiger partial charge in [-0.15, -0.1) is 0 Å². The van der Waals surface area contributed by atoms with Crippen molar-refractivity contribution in [1.29, 1.82) is 15.8 Å². The maximum absolute atomic E-state index is 9.12. The number of allylic oxidation sites excluding steroid dienone is 2. The van der Waals surface area contributed by atoms with Crippen LogP contribution < -0.4 is 5.32 Å². The van der Waals surface area contributed by atoms with Gasteiger partial charge in [0.1, 0.15) is 23.9 Å². The number of imidazole rings is 1. The van der Waals surface area contributed by atoms with Crippen LogP contribution in [0.25, 0.3) is 11.0 Å². The Balaban J connectivity index is 1.81. The lowest BCUT2D eigenvalue weighted by molar-refractivity contribution is 0.716. The summed E-state index contributed by atoms with van der Waals surface area (Å²) in [6, 6.07) is 21.0. The smallest absolute Gasteiger partial charge is 0.163 e. The fraction of sp³-hybridized carbons (Fsp3) is 0.100. The van der Waals surface area contributed by atoms with E-state index >= 15 is 0 Å². The van der Waals surface area contributed by atoms with Gasteiger partial charge in [0.15, 0.2) is 5.57 Å². The van der Waals surface area contributed by atoms with Crippen LogP contribution >= 0.6 is 0 Å². The molecule has 0 atom stereocenters. The summed E-state index contributed by atoms with van der Waals surface area (Å²) in [5.41, 5.74) is 3.30. The van der Waals surface area contributed by atoms with Gasteiger partial charge in [0.2, 0.25) is 0 Å². The molecule has 1 aromatic heterocycles. The number of anilines is 1. The summed E-state index contributed by atoms with van der Waals surface area (Å²) in [7, 11) is 0. The van der Waals surface area contributed by atoms with Crippen molar-refractivity contribution in [2.24, 2.45) is 0 Å². The first-order chi connectivity index (χ1) is 12.7. The largest absolute Gasteiger partial charge is 0.345 e. The number of nitriles is 3. The molecule has 0 amide bonds. The normalized spacial score (nSPS) is 9.73. The van der Waals surface area contributed by atoms with Gasteiger partial charge in [0.25, 0.3) is 0 Å². The third-order valence-electron chi connectivity index (χ3n) is 3.96. The van der Waals surface area contributed by atoms with Gasteiger partial charge in [0, 0.05) is 12.2 Å². The first-order valence-electron chi connectivity index (χ1n) is 7.95. The minimum Gasteiger partial charge on any atom is -0.345 e. The predicted octanol–water partition coefficient (Wildman–Crippen LogP) is 3.52. The Hall–Kier alpha value is -4.08. The first kappa shape index (κ1) is 16.8. The minimum atomic E-state index is -0.249. The lowest BCUT2D eigenvalue weighted by Gasteiger charge is -2.07. The van der Waals surface area contributed by atoms with Crippen molar-refractivity contribution in [3.63, 3.8) is 0 Å². The maximum atomic E-state index is 9.12. The van der Waals surface area contributed by atoms with Crippen molar-refractivity contribution in [2.45, 2.75) is 13.0 Å². The number of benzene rings is 2. The second-order valence-electron chi connectivity index (χ2n) is 5.59. The van der Waals surface area contributed by atoms with E-state index in [2.05, 4.69) is 27.0 Å². The highest BCUT2D eigenvalue weighted by atomic mass is 15.0. The zero-order chi connectivity index (χ0) is 18.4. The molecule has 3 aromatic rings. The van der Waals surface area contributed by atoms with Crippen LogP contribution in [-0.4, -0.2) is 9.55 Å². The van der Waals surface area contributed by atoms with Crippen LogP contribution in [0.5, 0.6) is 0 Å². The first-order valence-corrected chi connectivity index (χ1v) is 7.95. The summed E-state index contributed by atoms with van der Waals surface area (Å²) in [4.78, 5) is 4.40. The minimum absolute atomic E-state index is 0.0714. The van der Waals surface area contributed by atoms with E-state index < -0.39 is 0 Å². The fourth-order valence-corrected chi connectivity index (χ4v) is 2.64. The average Bonchev–Trinajstić information content (AvgIpc) is 3.09. The lowest BCUT2D eigenvalue weighted by atomic mass is 10.1. The van der Waals surface area contributed by atoms with Gasteiger partial charge in [-0.05, 0) is 30.2 Å². The molecule has 3 rings (SSSR count). The zero-order valence-electron chi connectivity index (χ0n) is 13.8. The second kappa shape index (κ2) is 7.66. The molecule has 0 aliphatic heterocycles. The van der Waals surface area contributed by atoms with Crippen molar-refractivity contribution >= 4 is 16.7 Å². The Bertz CT molecular complexity index is 1070. The van der Waals surface area contributed by atoms with Crippen LogP contribution in [0, 0.1) is 34.0 Å². The van der Waals surface area contributed by atoms with Crippen molar-refractivity contribution in [2.75, 3.05) is 5.32 Å². The molecular formula is C20H14N6. The van der Waals surface area contributed by atoms with Gasteiger partial charge in [-0.25, -0.2) is 4.98 Å². The van der Waals surface area contributed by atoms with Crippen molar-refractivity contribution in [3.05, 3.63) is 71.7 Å². The molecule has 124 valence electrons. The molecule has 0 spiro atoms. The Morgan fingerprint density at radius 1 is 1.00 bits per heavy atom. The molecular weight excluding hydrogens is 324 g/mol. The molecule has 0 saturated carbocycles. The molecule has 26 heavy (non-hydrogen) atoms. The molecule has 2 aromatic carbocycles. The molecule has 0 unspecified atom stereocenters. The van der Waals surface area contributed by atoms with E-state index in [9.17, 15) is 0 Å². The number of nitrogens with one attached hydrogen (secondary N) is 1. The summed E-state index contributed by atoms with van der Waals surface area (Å²) in [5.74, 6) is 0. The number of aromatic nitrogens is 2. The summed E-state index contributed by atoms with van der Waals surface area (Å²) in [6.07, 6.45) is 2.69. The predicted molar refractivity (Wildman–Crippen MR) is 97.4 cm³/mol. The second-order valence-corrected chi connectivity index (χ2v) is 5.59. The van der Waals surface area contributed by atoms with Gasteiger partial charge in [0.05, 0.1) is 17.4 Å². The number of hydrogen-bond acceptors (Lipinski definition) is 5. The molecule has 0 fully saturated rings. The van der Waals surface area contributed by atoms with Crippen LogP contribution in [0.2, 0.25) is 0 Å². The Morgan fingerprint density at radius 2 is 1.77 bits per heavy atom. The van der Waals surface area contributed by atoms with Crippen molar-refractivity contribution in [1.82, 2.24) is 9.55 Å². The van der Waals surface area contributed by atoms with Crippen LogP contribution in [-0.2, 0) is 13.0 Å². The summed E-state index contributed by atoms with van der Waals surface area (Å²) in [6.45, 7) is 0.809. The maximum Gasteiger partial charge on any atom is 0.163 e. The van der Waals surface area contributed by atoms with Gasteiger partial charge >= 0.3 is 0 Å². The quantitative estimate of drug-likeness (QED) is 0.717. The fourth-order valence-electron chi connectivity index (χ4n) is 2.64. The molecule has 0 bridgehead atoms. The molecule has 0 saturated heterocycles. The number of nitrogens with zero attached hydrogens (tertiary/aromatic N) is 5. The number of fused-ring (bicyclic) bond motifs is 1. The van der Waals surface area contributed by atoms with E-state index in [0.29, 0.717) is 5.69 Å². The van der Waals surface area contributed by atoms with Gasteiger partial charge < -0.3 is 9.88 Å². The molecule has 1 N–H and O–H groups in total. The highest BCUT2D eigenvalue weighted by Gasteiger charge is 2.08. The number of aryl methyl sites for hydroxylation is 2. The summed E-state index contributed by atoms with van der Waals surface area (Å²) >= 11 is 0. The molecule has 1 heterocycles. The van der Waals surface area contributed by atoms with Crippen LogP contribution in [0.4, 0.5) is 5.69 Å². The van der Waals surface area contributed by atoms with Gasteiger partial charge in [-0.3, -0.25) is 0 Å². The Kier molecular flexibility index (Phi) is 4.94. The third-order valence-corrected chi connectivity index (χ3v) is 3.96. The topological polar surface area (TPSA) is 101 Å². The lowest BCUT2D eigenvalue weighted by Crippen LogP contribution is -2.01. The van der Waals surface area contributed by atoms with Crippen molar-refractivity contribution in [3.8, 4) is 18.2 Å². The molecule has 0 radical (unpaired) electrons. The average molecular weight is 338 g/mol. The van der Waals surface area contributed by atoms with E-state index in [0.717, 1.165) is 24.0 Å². The molecule has 6 heteroatoms. The highest BCUT2D eigenvalue weighted by Crippen LogP contribution is 2.20. The van der Waals surface area contributed by atoms with Crippen LogP contribution in [0.1, 0.15) is 5.56 Å². The summed E-state index contributed by atoms with van der Waals surface area (Å²) in [5, 5.41) is 29.7. The van der Waals surface area contributed by atoms with Crippen LogP contribution in [0.15, 0.2) is 66.1 Å². The Morgan fingerprint density at radius 3 is 2.46 bits per heavy atom. The molecule has 6 nitrogen and oxygen atoms in total. The Labute approximate surface area is 150 Å². The van der Waals surface area contributed by atoms with Gasteiger partial charge in [-0.1, -0.05) is 30.3 Å². The van der Waals surface area contributed by atoms with E-state index in [1.165, 1.54) is 5.56 Å². The third kappa shape index (κ3) is 3.53. The standard InChI is InChI=1S/C20H14N6/c21-11-16(12-22)19(13-23)25-17-6-7-20-18(10-17)24-14-26(20)9-8-15-4-2-1-3-5-15/h1-7,10,14,25H,8-9H2. The molecule has 0 aliphatic rings. The monoisotopic (exact) mass is 338 g/mol. The van der Waals surface area contributed by atoms with E-state index in [1.54, 1.807) is 30.6 Å². The molecule has 0 aliphatic carbocycles. The van der Waals surface area contributed by atoms with Crippen molar-refractivity contribution < 1.29 is 0 Å². The number of hydrogen-bond donors (Lipinski definition) is 1. The van der Waals surface area contributed by atoms with Crippen LogP contribution in [0.3, 0.4) is 0 Å². The van der Waals surface area contributed by atoms with Gasteiger partial charge in [-0.2, -0.15) is 15.8 Å². The van der Waals surface area contributed by atoms with E-state index in [-0.39, 0.29) is 11.3 Å². The van der Waals surface area contributed by atoms with E-state index in [1.807, 2.05) is 30.3 Å². The zero-order valence-corrected chi connectivity index (χ0v) is 13.8.